The molecule has 3 fully saturated rings. The summed E-state index contributed by atoms with van der Waals surface area (Å²) in [5.41, 5.74) is -1.20. The Bertz CT molecular complexity index is 873. The van der Waals surface area contributed by atoms with Crippen molar-refractivity contribution in [1.82, 2.24) is 0 Å². The van der Waals surface area contributed by atoms with Gasteiger partial charge in [0.2, 0.25) is 0 Å². The van der Waals surface area contributed by atoms with Gasteiger partial charge in [0.1, 0.15) is 11.9 Å². The second-order valence-electron chi connectivity index (χ2n) is 8.33. The van der Waals surface area contributed by atoms with E-state index in [1.54, 1.807) is 6.92 Å². The summed E-state index contributed by atoms with van der Waals surface area (Å²) in [5, 5.41) is 0. The van der Waals surface area contributed by atoms with Crippen LogP contribution in [0.2, 0.25) is 0 Å². The topological polar surface area (TPSA) is 158 Å². The molecule has 3 rings (SSSR count). The molecule has 0 aromatic rings. The Labute approximate surface area is 215 Å². The van der Waals surface area contributed by atoms with Crippen LogP contribution in [-0.2, 0) is 34.6 Å². The van der Waals surface area contributed by atoms with Gasteiger partial charge < -0.3 is 13.8 Å². The molecular weight excluding hydrogens is 446 g/mol. The van der Waals surface area contributed by atoms with Gasteiger partial charge in [-0.3, -0.25) is 9.59 Å². The van der Waals surface area contributed by atoms with Gasteiger partial charge >= 0.3 is 65.1 Å². The molecule has 0 bridgehead atoms. The molecule has 1 heterocycles. The molecule has 9 nitrogen and oxygen atoms in total. The van der Waals surface area contributed by atoms with Gasteiger partial charge in [0.25, 0.3) is 0 Å². The third kappa shape index (κ3) is 5.48. The van der Waals surface area contributed by atoms with Crippen LogP contribution in [0.3, 0.4) is 0 Å². The van der Waals surface area contributed by atoms with Crippen molar-refractivity contribution in [3.8, 4) is 0 Å². The van der Waals surface area contributed by atoms with Gasteiger partial charge in [-0.05, 0) is 37.5 Å². The van der Waals surface area contributed by atoms with Gasteiger partial charge in [-0.1, -0.05) is 6.92 Å². The second-order valence-corrected chi connectivity index (χ2v) is 11.2. The van der Waals surface area contributed by atoms with Crippen molar-refractivity contribution >= 4 is 32.0 Å². The van der Waals surface area contributed by atoms with E-state index in [2.05, 4.69) is 0 Å². The van der Waals surface area contributed by atoms with Crippen molar-refractivity contribution < 1.29 is 99.4 Å². The number of carbonyl (C=O) groups excluding carboxylic acids is 2. The van der Waals surface area contributed by atoms with Gasteiger partial charge in [0, 0.05) is 18.1 Å². The van der Waals surface area contributed by atoms with Gasteiger partial charge in [0.15, 0.2) is 0 Å². The minimum absolute atomic E-state index is 0. The van der Waals surface area contributed by atoms with Crippen LogP contribution in [0.25, 0.3) is 0 Å². The molecule has 0 spiro atoms. The predicted octanol–water partition coefficient (Wildman–Crippen LogP) is -6.12. The monoisotopic (exact) mass is 468 g/mol. The first-order chi connectivity index (χ1) is 12.2. The molecule has 0 amide bonds. The van der Waals surface area contributed by atoms with Crippen LogP contribution in [0.5, 0.6) is 0 Å². The normalized spacial score (nSPS) is 39.4. The largest absolute Gasteiger partial charge is 1.00 e. The minimum atomic E-state index is -4.66. The molecule has 1 saturated heterocycles. The molecule has 7 atom stereocenters. The Morgan fingerprint density at radius 1 is 1.03 bits per heavy atom. The van der Waals surface area contributed by atoms with E-state index in [4.69, 9.17) is 4.74 Å². The maximum Gasteiger partial charge on any atom is 1.00 e. The summed E-state index contributed by atoms with van der Waals surface area (Å²) in [6, 6.07) is 0. The van der Waals surface area contributed by atoms with Crippen LogP contribution in [0.15, 0.2) is 0 Å². The first-order valence-electron chi connectivity index (χ1n) is 8.85. The Morgan fingerprint density at radius 2 is 1.59 bits per heavy atom. The van der Waals surface area contributed by atoms with Crippen molar-refractivity contribution in [2.75, 3.05) is 11.5 Å². The van der Waals surface area contributed by atoms with Crippen LogP contribution >= 0.6 is 0 Å². The fourth-order valence-corrected chi connectivity index (χ4v) is 7.41. The summed E-state index contributed by atoms with van der Waals surface area (Å²) in [6.07, 6.45) is -0.124. The van der Waals surface area contributed by atoms with E-state index in [1.165, 1.54) is 0 Å². The Morgan fingerprint density at radius 3 is 2.10 bits per heavy atom. The van der Waals surface area contributed by atoms with Crippen LogP contribution in [0, 0.1) is 35.0 Å². The van der Waals surface area contributed by atoms with Crippen LogP contribution in [0.1, 0.15) is 33.1 Å². The third-order valence-corrected chi connectivity index (χ3v) is 8.27. The number of rotatable bonds is 4. The molecule has 1 aliphatic heterocycles. The molecule has 2 saturated carbocycles. The standard InChI is InChI=1S/C16H24O9S2.2Na/c1-8-3-4-10-11(7-27(22,23)24)15(18)25-14(10)16(2)12(17)5-9(13(8)16)6-26(19,20)21;;/h8-11,13-14H,3-7H2,1-2H3,(H,19,20,21)(H,22,23,24);;/q;2*+1/p-2/t8-,9?,10-,11?,13+,14+,16+;;/m0../s1. The molecule has 0 aromatic heterocycles. The maximum absolute atomic E-state index is 12.9. The zero-order valence-corrected chi connectivity index (χ0v) is 22.6. The van der Waals surface area contributed by atoms with Crippen molar-refractivity contribution in [2.24, 2.45) is 35.0 Å². The molecule has 154 valence electrons. The molecule has 0 N–H and O–H groups in total. The number of hydrogen-bond acceptors (Lipinski definition) is 9. The Kier molecular flexibility index (Phi) is 9.12. The van der Waals surface area contributed by atoms with Gasteiger partial charge in [0.05, 0.1) is 37.3 Å². The van der Waals surface area contributed by atoms with E-state index < -0.39 is 72.9 Å². The Hall–Kier alpha value is 0.960. The molecule has 3 aliphatic rings. The molecule has 2 aliphatic carbocycles. The number of ketones is 1. The van der Waals surface area contributed by atoms with Crippen molar-refractivity contribution in [1.29, 1.82) is 0 Å². The average Bonchev–Trinajstić information content (AvgIpc) is 2.86. The summed E-state index contributed by atoms with van der Waals surface area (Å²) in [6.45, 7) is 3.46. The molecule has 13 heteroatoms. The van der Waals surface area contributed by atoms with E-state index >= 15 is 0 Å². The van der Waals surface area contributed by atoms with Crippen molar-refractivity contribution in [3.63, 3.8) is 0 Å². The molecule has 29 heavy (non-hydrogen) atoms. The average molecular weight is 468 g/mol. The van der Waals surface area contributed by atoms with E-state index in [0.29, 0.717) is 12.8 Å². The fraction of sp³-hybridized carbons (Fsp3) is 0.875. The number of ether oxygens (including phenoxy) is 1. The zero-order chi connectivity index (χ0) is 20.4. The third-order valence-electron chi connectivity index (χ3n) is 6.66. The summed E-state index contributed by atoms with van der Waals surface area (Å²) in [7, 11) is -9.20. The molecule has 0 aromatic carbocycles. The van der Waals surface area contributed by atoms with Crippen LogP contribution in [-0.4, -0.2) is 55.3 Å². The van der Waals surface area contributed by atoms with E-state index in [0.717, 1.165) is 0 Å². The van der Waals surface area contributed by atoms with Crippen LogP contribution in [0.4, 0.5) is 0 Å². The summed E-state index contributed by atoms with van der Waals surface area (Å²) < 4.78 is 72.9. The second kappa shape index (κ2) is 9.44. The first kappa shape index (κ1) is 28.0. The summed E-state index contributed by atoms with van der Waals surface area (Å²) >= 11 is 0. The number of fused-ring (bicyclic) bond motifs is 3. The summed E-state index contributed by atoms with van der Waals surface area (Å²) in [5.74, 6) is -5.64. The van der Waals surface area contributed by atoms with Crippen molar-refractivity contribution in [3.05, 3.63) is 0 Å². The van der Waals surface area contributed by atoms with E-state index in [1.807, 2.05) is 6.92 Å². The number of Topliss-reactive ketones (excluding diaryl/α,β-unsaturated/α-hetero) is 1. The zero-order valence-electron chi connectivity index (χ0n) is 17.0. The molecule has 0 radical (unpaired) electrons. The predicted molar refractivity (Wildman–Crippen MR) is 89.1 cm³/mol. The van der Waals surface area contributed by atoms with E-state index in [-0.39, 0.29) is 77.2 Å². The molecular formula is C16H22Na2O9S2. The van der Waals surface area contributed by atoms with Crippen molar-refractivity contribution in [2.45, 2.75) is 39.2 Å². The maximum atomic E-state index is 12.9. The molecule has 2 unspecified atom stereocenters. The number of hydrogen-bond donors (Lipinski definition) is 0. The Balaban J connectivity index is 0.00000210. The number of esters is 1. The number of carbonyl (C=O) groups is 2. The minimum Gasteiger partial charge on any atom is -0.748 e. The van der Waals surface area contributed by atoms with Gasteiger partial charge in [-0.15, -0.1) is 0 Å². The quantitative estimate of drug-likeness (QED) is 0.222. The fourth-order valence-electron chi connectivity index (χ4n) is 5.74. The first-order valence-corrected chi connectivity index (χ1v) is 12.0. The van der Waals surface area contributed by atoms with E-state index in [9.17, 15) is 35.5 Å². The van der Waals surface area contributed by atoms with Gasteiger partial charge in [-0.2, -0.15) is 0 Å². The van der Waals surface area contributed by atoms with Gasteiger partial charge in [-0.25, -0.2) is 16.8 Å². The summed E-state index contributed by atoms with van der Waals surface area (Å²) in [4.78, 5) is 25.2. The van der Waals surface area contributed by atoms with Crippen LogP contribution < -0.4 is 59.1 Å². The SMILES string of the molecule is C[C@H]1CC[C@H]2C(CS(=O)(=O)[O-])C(=O)O[C@H]2[C@]2(C)C(=O)CC(CS(=O)(=O)[O-])[C@@H]12.[Na+].[Na+]. The smallest absolute Gasteiger partial charge is 0.748 e.